The van der Waals surface area contributed by atoms with Gasteiger partial charge in [-0.25, -0.2) is 9.97 Å². The van der Waals surface area contributed by atoms with E-state index < -0.39 is 0 Å². The van der Waals surface area contributed by atoms with Crippen LogP contribution in [0.3, 0.4) is 0 Å². The lowest BCUT2D eigenvalue weighted by atomic mass is 10.1. The number of rotatable bonds is 5. The van der Waals surface area contributed by atoms with Crippen LogP contribution in [-0.2, 0) is 0 Å². The van der Waals surface area contributed by atoms with Crippen LogP contribution in [0.25, 0.3) is 0 Å². The number of anilines is 3. The zero-order chi connectivity index (χ0) is 13.7. The van der Waals surface area contributed by atoms with Crippen LogP contribution in [0.5, 0.6) is 0 Å². The molecular formula is C14H19N5. The molecule has 5 nitrogen and oxygen atoms in total. The van der Waals surface area contributed by atoms with Gasteiger partial charge in [0.25, 0.3) is 0 Å². The zero-order valence-electron chi connectivity index (χ0n) is 11.3. The lowest BCUT2D eigenvalue weighted by Crippen LogP contribution is -2.14. The van der Waals surface area contributed by atoms with Crippen LogP contribution in [0.2, 0.25) is 0 Å². The third-order valence-electron chi connectivity index (χ3n) is 2.76. The molecule has 4 N–H and O–H groups in total. The summed E-state index contributed by atoms with van der Waals surface area (Å²) in [6.07, 6.45) is 1.53. The highest BCUT2D eigenvalue weighted by atomic mass is 15.1. The van der Waals surface area contributed by atoms with E-state index in [2.05, 4.69) is 52.6 Å². The summed E-state index contributed by atoms with van der Waals surface area (Å²) in [5.41, 5.74) is 8.94. The maximum atomic E-state index is 5.45. The second-order valence-corrected chi connectivity index (χ2v) is 4.45. The van der Waals surface area contributed by atoms with E-state index in [1.54, 1.807) is 0 Å². The first kappa shape index (κ1) is 13.3. The summed E-state index contributed by atoms with van der Waals surface area (Å²) in [6, 6.07) is 8.13. The molecular weight excluding hydrogens is 238 g/mol. The van der Waals surface area contributed by atoms with Crippen molar-refractivity contribution in [1.29, 1.82) is 0 Å². The lowest BCUT2D eigenvalue weighted by molar-refractivity contribution is 1.00. The number of hydrogen-bond acceptors (Lipinski definition) is 5. The minimum Gasteiger partial charge on any atom is -0.369 e. The molecule has 5 heteroatoms. The molecule has 0 saturated heterocycles. The molecule has 0 bridgehead atoms. The number of nitrogens with two attached hydrogens (primary N) is 1. The molecule has 0 unspecified atom stereocenters. The van der Waals surface area contributed by atoms with E-state index >= 15 is 0 Å². The number of aromatic nitrogens is 2. The van der Waals surface area contributed by atoms with E-state index in [4.69, 9.17) is 5.73 Å². The highest BCUT2D eigenvalue weighted by Crippen LogP contribution is 2.20. The monoisotopic (exact) mass is 257 g/mol. The van der Waals surface area contributed by atoms with E-state index in [0.717, 1.165) is 17.3 Å². The summed E-state index contributed by atoms with van der Waals surface area (Å²) in [5, 5.41) is 6.42. The Kier molecular flexibility index (Phi) is 4.30. The fourth-order valence-electron chi connectivity index (χ4n) is 1.81. The summed E-state index contributed by atoms with van der Waals surface area (Å²) in [6.45, 7) is 5.42. The first-order chi connectivity index (χ1) is 9.19. The predicted octanol–water partition coefficient (Wildman–Crippen LogP) is 2.21. The van der Waals surface area contributed by atoms with Crippen LogP contribution in [0.4, 0.5) is 17.3 Å². The van der Waals surface area contributed by atoms with Crippen LogP contribution in [-0.4, -0.2) is 23.1 Å². The van der Waals surface area contributed by atoms with Crippen molar-refractivity contribution in [2.45, 2.75) is 13.8 Å². The molecule has 0 aliphatic rings. The molecule has 0 radical (unpaired) electrons. The molecule has 0 spiro atoms. The number of aryl methyl sites for hydroxylation is 2. The van der Waals surface area contributed by atoms with Gasteiger partial charge in [0.1, 0.15) is 18.0 Å². The van der Waals surface area contributed by atoms with Gasteiger partial charge in [-0.2, -0.15) is 0 Å². The average Bonchev–Trinajstić information content (AvgIpc) is 2.40. The Morgan fingerprint density at radius 3 is 2.63 bits per heavy atom. The van der Waals surface area contributed by atoms with Gasteiger partial charge in [0.2, 0.25) is 0 Å². The topological polar surface area (TPSA) is 75.9 Å². The SMILES string of the molecule is Cc1ccc(Nc2cc(NCCN)ncn2)c(C)c1. The summed E-state index contributed by atoms with van der Waals surface area (Å²) in [5.74, 6) is 1.54. The molecule has 0 amide bonds. The highest BCUT2D eigenvalue weighted by molar-refractivity contribution is 5.62. The van der Waals surface area contributed by atoms with Gasteiger partial charge in [-0.1, -0.05) is 17.7 Å². The predicted molar refractivity (Wildman–Crippen MR) is 78.8 cm³/mol. The largest absolute Gasteiger partial charge is 0.369 e. The zero-order valence-corrected chi connectivity index (χ0v) is 11.3. The average molecular weight is 257 g/mol. The summed E-state index contributed by atoms with van der Waals surface area (Å²) in [4.78, 5) is 8.35. The van der Waals surface area contributed by atoms with E-state index in [1.807, 2.05) is 6.07 Å². The Morgan fingerprint density at radius 2 is 1.89 bits per heavy atom. The highest BCUT2D eigenvalue weighted by Gasteiger charge is 2.02. The van der Waals surface area contributed by atoms with Crippen molar-refractivity contribution >= 4 is 17.3 Å². The Labute approximate surface area is 113 Å². The van der Waals surface area contributed by atoms with Crippen molar-refractivity contribution in [2.75, 3.05) is 23.7 Å². The first-order valence-corrected chi connectivity index (χ1v) is 6.29. The molecule has 1 aromatic heterocycles. The van der Waals surface area contributed by atoms with Gasteiger partial charge >= 0.3 is 0 Å². The van der Waals surface area contributed by atoms with Gasteiger partial charge in [-0.3, -0.25) is 0 Å². The molecule has 0 aliphatic carbocycles. The van der Waals surface area contributed by atoms with Crippen molar-refractivity contribution in [3.8, 4) is 0 Å². The van der Waals surface area contributed by atoms with Crippen LogP contribution in [0.1, 0.15) is 11.1 Å². The fourth-order valence-corrected chi connectivity index (χ4v) is 1.81. The fraction of sp³-hybridized carbons (Fsp3) is 0.286. The summed E-state index contributed by atoms with van der Waals surface area (Å²) < 4.78 is 0. The van der Waals surface area contributed by atoms with Gasteiger partial charge < -0.3 is 16.4 Å². The molecule has 0 aliphatic heterocycles. The van der Waals surface area contributed by atoms with Crippen molar-refractivity contribution in [1.82, 2.24) is 9.97 Å². The molecule has 0 fully saturated rings. The molecule has 100 valence electrons. The molecule has 0 atom stereocenters. The molecule has 1 heterocycles. The van der Waals surface area contributed by atoms with Crippen molar-refractivity contribution in [3.63, 3.8) is 0 Å². The van der Waals surface area contributed by atoms with E-state index in [9.17, 15) is 0 Å². The minimum absolute atomic E-state index is 0.573. The van der Waals surface area contributed by atoms with Crippen molar-refractivity contribution in [3.05, 3.63) is 41.7 Å². The maximum Gasteiger partial charge on any atom is 0.135 e. The first-order valence-electron chi connectivity index (χ1n) is 6.29. The third kappa shape index (κ3) is 3.66. The van der Waals surface area contributed by atoms with Crippen LogP contribution < -0.4 is 16.4 Å². The number of nitrogens with zero attached hydrogens (tertiary/aromatic N) is 2. The standard InChI is InChI=1S/C14H19N5/c1-10-3-4-12(11(2)7-10)19-14-8-13(16-6-5-15)17-9-18-14/h3-4,7-9H,5-6,15H2,1-2H3,(H2,16,17,18,19). The van der Waals surface area contributed by atoms with E-state index in [-0.39, 0.29) is 0 Å². The molecule has 1 aromatic carbocycles. The van der Waals surface area contributed by atoms with Gasteiger partial charge in [0, 0.05) is 24.8 Å². The van der Waals surface area contributed by atoms with Crippen molar-refractivity contribution < 1.29 is 0 Å². The smallest absolute Gasteiger partial charge is 0.135 e. The Balaban J connectivity index is 2.14. The van der Waals surface area contributed by atoms with Gasteiger partial charge in [0.15, 0.2) is 0 Å². The summed E-state index contributed by atoms with van der Waals surface area (Å²) in [7, 11) is 0. The molecule has 19 heavy (non-hydrogen) atoms. The second kappa shape index (κ2) is 6.15. The van der Waals surface area contributed by atoms with Gasteiger partial charge in [-0.15, -0.1) is 0 Å². The summed E-state index contributed by atoms with van der Waals surface area (Å²) >= 11 is 0. The molecule has 2 rings (SSSR count). The number of nitrogens with one attached hydrogen (secondary N) is 2. The molecule has 2 aromatic rings. The maximum absolute atomic E-state index is 5.45. The van der Waals surface area contributed by atoms with Crippen LogP contribution in [0.15, 0.2) is 30.6 Å². The van der Waals surface area contributed by atoms with Crippen LogP contribution in [0, 0.1) is 13.8 Å². The second-order valence-electron chi connectivity index (χ2n) is 4.45. The minimum atomic E-state index is 0.573. The third-order valence-corrected chi connectivity index (χ3v) is 2.76. The Bertz CT molecular complexity index is 553. The normalized spacial score (nSPS) is 10.3. The van der Waals surface area contributed by atoms with E-state index in [1.165, 1.54) is 17.5 Å². The molecule has 0 saturated carbocycles. The Hall–Kier alpha value is -2.14. The lowest BCUT2D eigenvalue weighted by Gasteiger charge is -2.10. The van der Waals surface area contributed by atoms with E-state index in [0.29, 0.717) is 13.1 Å². The van der Waals surface area contributed by atoms with Crippen molar-refractivity contribution in [2.24, 2.45) is 5.73 Å². The van der Waals surface area contributed by atoms with Crippen LogP contribution >= 0.6 is 0 Å². The Morgan fingerprint density at radius 1 is 1.11 bits per heavy atom. The van der Waals surface area contributed by atoms with Gasteiger partial charge in [-0.05, 0) is 25.5 Å². The van der Waals surface area contributed by atoms with Gasteiger partial charge in [0.05, 0.1) is 0 Å². The number of benzene rings is 1. The number of hydrogen-bond donors (Lipinski definition) is 3. The quantitative estimate of drug-likeness (QED) is 0.765.